The van der Waals surface area contributed by atoms with Gasteiger partial charge in [-0.25, -0.2) is 0 Å². The quantitative estimate of drug-likeness (QED) is 0.731. The summed E-state index contributed by atoms with van der Waals surface area (Å²) in [6.45, 7) is 2.89. The van der Waals surface area contributed by atoms with E-state index in [0.29, 0.717) is 10.7 Å². The molecule has 2 nitrogen and oxygen atoms in total. The van der Waals surface area contributed by atoms with Crippen LogP contribution in [0, 0.1) is 0 Å². The van der Waals surface area contributed by atoms with E-state index in [1.54, 1.807) is 6.07 Å². The van der Waals surface area contributed by atoms with Gasteiger partial charge in [-0.1, -0.05) is 11.6 Å². The van der Waals surface area contributed by atoms with E-state index in [-0.39, 0.29) is 12.4 Å². The fraction of sp³-hybridized carbons (Fsp3) is 0.250. The molecule has 0 bridgehead atoms. The fourth-order valence-electron chi connectivity index (χ4n) is 0.885. The Balaban J connectivity index is 0.00000121. The Morgan fingerprint density at radius 1 is 1.50 bits per heavy atom. The topological polar surface area (TPSA) is 38.0 Å². The largest absolute Gasteiger partial charge is 0.397 e. The zero-order valence-corrected chi connectivity index (χ0v) is 8.38. The molecule has 0 fully saturated rings. The molecule has 0 heterocycles. The van der Waals surface area contributed by atoms with Gasteiger partial charge in [0.25, 0.3) is 0 Å². The van der Waals surface area contributed by atoms with Crippen molar-refractivity contribution in [1.82, 2.24) is 0 Å². The SMILES string of the molecule is CCNc1ccc(Cl)cc1N.Cl. The molecule has 68 valence electrons. The smallest absolute Gasteiger partial charge is 0.0574 e. The molecule has 1 aromatic rings. The van der Waals surface area contributed by atoms with Crippen molar-refractivity contribution in [3.8, 4) is 0 Å². The van der Waals surface area contributed by atoms with Crippen LogP contribution in [0.15, 0.2) is 18.2 Å². The summed E-state index contributed by atoms with van der Waals surface area (Å²) in [5.74, 6) is 0. The molecule has 0 radical (unpaired) electrons. The third kappa shape index (κ3) is 2.80. The predicted molar refractivity (Wildman–Crippen MR) is 57.3 cm³/mol. The number of anilines is 2. The van der Waals surface area contributed by atoms with Crippen molar-refractivity contribution in [2.45, 2.75) is 6.92 Å². The van der Waals surface area contributed by atoms with Crippen LogP contribution in [0.3, 0.4) is 0 Å². The lowest BCUT2D eigenvalue weighted by Gasteiger charge is -2.06. The van der Waals surface area contributed by atoms with Crippen LogP contribution in [0.4, 0.5) is 11.4 Å². The average Bonchev–Trinajstić information content (AvgIpc) is 1.95. The first-order valence-corrected chi connectivity index (χ1v) is 3.90. The monoisotopic (exact) mass is 206 g/mol. The van der Waals surface area contributed by atoms with E-state index >= 15 is 0 Å². The van der Waals surface area contributed by atoms with Gasteiger partial charge in [0, 0.05) is 11.6 Å². The molecule has 0 amide bonds. The van der Waals surface area contributed by atoms with Crippen LogP contribution in [-0.2, 0) is 0 Å². The lowest BCUT2D eigenvalue weighted by Crippen LogP contribution is -2.00. The first-order valence-electron chi connectivity index (χ1n) is 3.53. The second-order valence-corrected chi connectivity index (χ2v) is 2.70. The molecule has 0 saturated heterocycles. The molecule has 12 heavy (non-hydrogen) atoms. The highest BCUT2D eigenvalue weighted by Crippen LogP contribution is 2.21. The third-order valence-electron chi connectivity index (χ3n) is 1.38. The molecule has 0 saturated carbocycles. The lowest BCUT2D eigenvalue weighted by atomic mass is 10.3. The number of nitrogen functional groups attached to an aromatic ring is 1. The Labute approximate surface area is 83.5 Å². The van der Waals surface area contributed by atoms with Crippen LogP contribution in [0.1, 0.15) is 6.92 Å². The zero-order valence-electron chi connectivity index (χ0n) is 6.80. The van der Waals surface area contributed by atoms with Crippen LogP contribution in [-0.4, -0.2) is 6.54 Å². The van der Waals surface area contributed by atoms with Crippen molar-refractivity contribution >= 4 is 35.4 Å². The number of hydrogen-bond acceptors (Lipinski definition) is 2. The van der Waals surface area contributed by atoms with E-state index in [2.05, 4.69) is 5.32 Å². The summed E-state index contributed by atoms with van der Waals surface area (Å²) in [7, 11) is 0. The molecule has 0 aliphatic rings. The maximum Gasteiger partial charge on any atom is 0.0574 e. The first-order chi connectivity index (χ1) is 5.24. The number of nitrogens with one attached hydrogen (secondary N) is 1. The molecule has 0 unspecified atom stereocenters. The minimum absolute atomic E-state index is 0. The molecule has 1 aromatic carbocycles. The Morgan fingerprint density at radius 2 is 2.17 bits per heavy atom. The van der Waals surface area contributed by atoms with Gasteiger partial charge in [-0.3, -0.25) is 0 Å². The highest BCUT2D eigenvalue weighted by atomic mass is 35.5. The van der Waals surface area contributed by atoms with Gasteiger partial charge in [-0.2, -0.15) is 0 Å². The number of benzene rings is 1. The molecule has 0 aliphatic heterocycles. The maximum atomic E-state index is 5.71. The Morgan fingerprint density at radius 3 is 2.67 bits per heavy atom. The number of rotatable bonds is 2. The van der Waals surface area contributed by atoms with Crippen molar-refractivity contribution in [3.05, 3.63) is 23.2 Å². The van der Waals surface area contributed by atoms with Crippen molar-refractivity contribution in [3.63, 3.8) is 0 Å². The van der Waals surface area contributed by atoms with E-state index < -0.39 is 0 Å². The van der Waals surface area contributed by atoms with E-state index in [4.69, 9.17) is 17.3 Å². The summed E-state index contributed by atoms with van der Waals surface area (Å²) in [4.78, 5) is 0. The van der Waals surface area contributed by atoms with Crippen molar-refractivity contribution in [2.24, 2.45) is 0 Å². The fourth-order valence-corrected chi connectivity index (χ4v) is 1.07. The molecule has 0 spiro atoms. The van der Waals surface area contributed by atoms with E-state index in [1.165, 1.54) is 0 Å². The predicted octanol–water partition coefficient (Wildman–Crippen LogP) is 2.78. The van der Waals surface area contributed by atoms with Gasteiger partial charge in [0.15, 0.2) is 0 Å². The van der Waals surface area contributed by atoms with Crippen molar-refractivity contribution in [2.75, 3.05) is 17.6 Å². The summed E-state index contributed by atoms with van der Waals surface area (Å²) >= 11 is 5.71. The van der Waals surface area contributed by atoms with Gasteiger partial charge in [-0.15, -0.1) is 12.4 Å². The standard InChI is InChI=1S/C8H11ClN2.ClH/c1-2-11-8-4-3-6(9)5-7(8)10;/h3-5,11H,2,10H2,1H3;1H. The molecule has 0 atom stereocenters. The number of nitrogens with two attached hydrogens (primary N) is 1. The normalized spacial score (nSPS) is 8.83. The Hall–Kier alpha value is -0.600. The second kappa shape index (κ2) is 5.12. The van der Waals surface area contributed by atoms with Gasteiger partial charge in [0.2, 0.25) is 0 Å². The highest BCUT2D eigenvalue weighted by molar-refractivity contribution is 6.31. The summed E-state index contributed by atoms with van der Waals surface area (Å²) in [5.41, 5.74) is 7.30. The molecular formula is C8H12Cl2N2. The number of hydrogen-bond donors (Lipinski definition) is 2. The Kier molecular flexibility index (Phi) is 4.86. The van der Waals surface area contributed by atoms with E-state index in [9.17, 15) is 0 Å². The average molecular weight is 207 g/mol. The summed E-state index contributed by atoms with van der Waals surface area (Å²) < 4.78 is 0. The molecule has 3 N–H and O–H groups in total. The van der Waals surface area contributed by atoms with Crippen molar-refractivity contribution < 1.29 is 0 Å². The van der Waals surface area contributed by atoms with E-state index in [1.807, 2.05) is 19.1 Å². The van der Waals surface area contributed by atoms with Crippen LogP contribution in [0.25, 0.3) is 0 Å². The maximum absolute atomic E-state index is 5.71. The van der Waals surface area contributed by atoms with Crippen molar-refractivity contribution in [1.29, 1.82) is 0 Å². The first kappa shape index (κ1) is 11.4. The molecule has 4 heteroatoms. The molecule has 0 aliphatic carbocycles. The van der Waals surface area contributed by atoms with Crippen LogP contribution in [0.5, 0.6) is 0 Å². The van der Waals surface area contributed by atoms with Crippen LogP contribution in [0.2, 0.25) is 5.02 Å². The number of halogens is 2. The van der Waals surface area contributed by atoms with Gasteiger partial charge >= 0.3 is 0 Å². The van der Waals surface area contributed by atoms with Crippen LogP contribution < -0.4 is 11.1 Å². The molecule has 1 rings (SSSR count). The van der Waals surface area contributed by atoms with Gasteiger partial charge in [0.05, 0.1) is 11.4 Å². The third-order valence-corrected chi connectivity index (χ3v) is 1.62. The minimum atomic E-state index is 0. The van der Waals surface area contributed by atoms with Gasteiger partial charge in [-0.05, 0) is 25.1 Å². The molecule has 0 aromatic heterocycles. The van der Waals surface area contributed by atoms with Gasteiger partial charge < -0.3 is 11.1 Å². The second-order valence-electron chi connectivity index (χ2n) is 2.26. The minimum Gasteiger partial charge on any atom is -0.397 e. The summed E-state index contributed by atoms with van der Waals surface area (Å²) in [5, 5.41) is 3.79. The zero-order chi connectivity index (χ0) is 8.27. The Bertz CT molecular complexity index is 251. The molecular weight excluding hydrogens is 195 g/mol. The highest BCUT2D eigenvalue weighted by Gasteiger charge is 1.96. The summed E-state index contributed by atoms with van der Waals surface area (Å²) in [6.07, 6.45) is 0. The lowest BCUT2D eigenvalue weighted by molar-refractivity contribution is 1.21. The van der Waals surface area contributed by atoms with E-state index in [0.717, 1.165) is 12.2 Å². The van der Waals surface area contributed by atoms with Gasteiger partial charge in [0.1, 0.15) is 0 Å². The van der Waals surface area contributed by atoms with Crippen LogP contribution >= 0.6 is 24.0 Å². The summed E-state index contributed by atoms with van der Waals surface area (Å²) in [6, 6.07) is 5.43.